The zero-order valence-electron chi connectivity index (χ0n) is 10.7. The first kappa shape index (κ1) is 14.5. The number of rotatable bonds is 5. The number of benzene rings is 1. The molecule has 0 aliphatic carbocycles. The summed E-state index contributed by atoms with van der Waals surface area (Å²) >= 11 is 6.17. The van der Waals surface area contributed by atoms with Crippen molar-refractivity contribution in [2.24, 2.45) is 0 Å². The van der Waals surface area contributed by atoms with Crippen molar-refractivity contribution in [2.45, 2.75) is 25.4 Å². The highest BCUT2D eigenvalue weighted by atomic mass is 32.2. The summed E-state index contributed by atoms with van der Waals surface area (Å²) in [4.78, 5) is 0. The van der Waals surface area contributed by atoms with E-state index in [0.29, 0.717) is 4.58 Å². The van der Waals surface area contributed by atoms with Gasteiger partial charge in [-0.15, -0.1) is 11.8 Å². The Morgan fingerprint density at radius 1 is 1.47 bits per heavy atom. The van der Waals surface area contributed by atoms with E-state index in [1.54, 1.807) is 11.8 Å². The fraction of sp³-hybridized carbons (Fsp3) is 0.333. The number of thiol groups is 1. The minimum absolute atomic E-state index is 0.359. The SMILES string of the molecule is C=C(CSC(C)S)/C(C)=C\c1ccccc1C. The van der Waals surface area contributed by atoms with Crippen LogP contribution in [0.1, 0.15) is 25.0 Å². The molecule has 1 aromatic rings. The molecule has 17 heavy (non-hydrogen) atoms. The maximum atomic E-state index is 4.36. The lowest BCUT2D eigenvalue weighted by Crippen LogP contribution is -1.92. The van der Waals surface area contributed by atoms with Crippen LogP contribution in [0.15, 0.2) is 42.0 Å². The largest absolute Gasteiger partial charge is 0.165 e. The summed E-state index contributed by atoms with van der Waals surface area (Å²) < 4.78 is 0.359. The predicted molar refractivity (Wildman–Crippen MR) is 84.9 cm³/mol. The average Bonchev–Trinajstić information content (AvgIpc) is 2.28. The Balaban J connectivity index is 2.72. The second-order valence-corrected chi connectivity index (χ2v) is 6.65. The second-order valence-electron chi connectivity index (χ2n) is 4.20. The van der Waals surface area contributed by atoms with Crippen molar-refractivity contribution >= 4 is 30.5 Å². The van der Waals surface area contributed by atoms with Crippen LogP contribution >= 0.6 is 24.4 Å². The molecule has 1 atom stereocenters. The molecule has 0 saturated carbocycles. The summed E-state index contributed by atoms with van der Waals surface area (Å²) in [6, 6.07) is 8.40. The lowest BCUT2D eigenvalue weighted by atomic mass is 10.0. The number of aryl methyl sites for hydroxylation is 1. The maximum Gasteiger partial charge on any atom is 0.0447 e. The topological polar surface area (TPSA) is 0 Å². The van der Waals surface area contributed by atoms with Crippen molar-refractivity contribution < 1.29 is 0 Å². The summed E-state index contributed by atoms with van der Waals surface area (Å²) in [5.74, 6) is 0.943. The minimum atomic E-state index is 0.359. The summed E-state index contributed by atoms with van der Waals surface area (Å²) in [6.45, 7) is 10.5. The van der Waals surface area contributed by atoms with Gasteiger partial charge in [-0.05, 0) is 43.0 Å². The molecule has 1 aromatic carbocycles. The van der Waals surface area contributed by atoms with E-state index in [9.17, 15) is 0 Å². The predicted octanol–water partition coefficient (Wildman–Crippen LogP) is 4.96. The summed E-state index contributed by atoms with van der Waals surface area (Å²) in [7, 11) is 0. The Bertz CT molecular complexity index is 417. The molecule has 0 heterocycles. The van der Waals surface area contributed by atoms with Gasteiger partial charge in [0.1, 0.15) is 0 Å². The standard InChI is InChI=1S/C15H20S2/c1-11-7-5-6-8-15(11)9-12(2)13(3)10-17-14(4)16/h5-9,14,16H,3,10H2,1-2,4H3/b12-9-. The summed E-state index contributed by atoms with van der Waals surface area (Å²) in [6.07, 6.45) is 2.21. The third kappa shape index (κ3) is 5.05. The van der Waals surface area contributed by atoms with Gasteiger partial charge in [-0.1, -0.05) is 36.9 Å². The molecule has 0 spiro atoms. The average molecular weight is 264 g/mol. The van der Waals surface area contributed by atoms with Gasteiger partial charge in [0.2, 0.25) is 0 Å². The van der Waals surface area contributed by atoms with Crippen molar-refractivity contribution in [1.82, 2.24) is 0 Å². The molecule has 0 aliphatic rings. The van der Waals surface area contributed by atoms with E-state index >= 15 is 0 Å². The highest BCUT2D eigenvalue weighted by Crippen LogP contribution is 2.22. The molecule has 0 bridgehead atoms. The number of allylic oxidation sites excluding steroid dienone is 1. The Hall–Kier alpha value is -0.600. The van der Waals surface area contributed by atoms with E-state index in [0.717, 1.165) is 5.75 Å². The molecule has 0 saturated heterocycles. The van der Waals surface area contributed by atoms with Crippen LogP contribution < -0.4 is 0 Å². The normalized spacial score (nSPS) is 13.5. The van der Waals surface area contributed by atoms with E-state index in [1.807, 2.05) is 0 Å². The fourth-order valence-corrected chi connectivity index (χ4v) is 2.31. The molecular formula is C15H20S2. The van der Waals surface area contributed by atoms with Crippen LogP contribution in [0.3, 0.4) is 0 Å². The molecular weight excluding hydrogens is 244 g/mol. The lowest BCUT2D eigenvalue weighted by molar-refractivity contribution is 1.36. The molecule has 0 N–H and O–H groups in total. The Morgan fingerprint density at radius 3 is 2.71 bits per heavy atom. The molecule has 0 amide bonds. The van der Waals surface area contributed by atoms with Crippen molar-refractivity contribution in [1.29, 1.82) is 0 Å². The molecule has 1 rings (SSSR count). The molecule has 92 valence electrons. The quantitative estimate of drug-likeness (QED) is 0.445. The van der Waals surface area contributed by atoms with Crippen LogP contribution in [0.25, 0.3) is 6.08 Å². The van der Waals surface area contributed by atoms with Crippen molar-refractivity contribution in [3.8, 4) is 0 Å². The van der Waals surface area contributed by atoms with Gasteiger partial charge in [-0.2, -0.15) is 12.6 Å². The molecule has 0 fully saturated rings. The summed E-state index contributed by atoms with van der Waals surface area (Å²) in [5.41, 5.74) is 5.00. The van der Waals surface area contributed by atoms with E-state index in [1.165, 1.54) is 22.3 Å². The van der Waals surface area contributed by atoms with Gasteiger partial charge >= 0.3 is 0 Å². The number of hydrogen-bond donors (Lipinski definition) is 1. The van der Waals surface area contributed by atoms with Crippen LogP contribution in [0, 0.1) is 6.92 Å². The maximum absolute atomic E-state index is 4.36. The first-order chi connectivity index (χ1) is 8.00. The van der Waals surface area contributed by atoms with Crippen molar-refractivity contribution in [2.75, 3.05) is 5.75 Å². The van der Waals surface area contributed by atoms with Gasteiger partial charge < -0.3 is 0 Å². The van der Waals surface area contributed by atoms with Crippen LogP contribution in [0.5, 0.6) is 0 Å². The Kier molecular flexibility index (Phi) is 5.93. The fourth-order valence-electron chi connectivity index (χ4n) is 1.42. The van der Waals surface area contributed by atoms with Crippen LogP contribution in [0.2, 0.25) is 0 Å². The summed E-state index contributed by atoms with van der Waals surface area (Å²) in [5, 5.41) is 0. The minimum Gasteiger partial charge on any atom is -0.165 e. The van der Waals surface area contributed by atoms with E-state index < -0.39 is 0 Å². The zero-order chi connectivity index (χ0) is 12.8. The van der Waals surface area contributed by atoms with Crippen LogP contribution in [0.4, 0.5) is 0 Å². The smallest absolute Gasteiger partial charge is 0.0447 e. The van der Waals surface area contributed by atoms with E-state index in [4.69, 9.17) is 0 Å². The van der Waals surface area contributed by atoms with Gasteiger partial charge in [-0.25, -0.2) is 0 Å². The molecule has 1 unspecified atom stereocenters. The Labute approximate surface area is 115 Å². The first-order valence-corrected chi connectivity index (χ1v) is 7.29. The van der Waals surface area contributed by atoms with Crippen LogP contribution in [-0.4, -0.2) is 10.3 Å². The van der Waals surface area contributed by atoms with E-state index in [2.05, 4.69) is 70.3 Å². The lowest BCUT2D eigenvalue weighted by Gasteiger charge is -2.09. The number of thioether (sulfide) groups is 1. The van der Waals surface area contributed by atoms with Gasteiger partial charge in [0.05, 0.1) is 0 Å². The molecule has 2 heteroatoms. The van der Waals surface area contributed by atoms with Crippen LogP contribution in [-0.2, 0) is 0 Å². The van der Waals surface area contributed by atoms with Gasteiger partial charge in [0, 0.05) is 10.3 Å². The van der Waals surface area contributed by atoms with Crippen molar-refractivity contribution in [3.05, 3.63) is 53.1 Å². The second kappa shape index (κ2) is 6.97. The highest BCUT2D eigenvalue weighted by molar-refractivity contribution is 8.10. The third-order valence-electron chi connectivity index (χ3n) is 2.62. The molecule has 0 aliphatic heterocycles. The highest BCUT2D eigenvalue weighted by Gasteiger charge is 2.02. The van der Waals surface area contributed by atoms with E-state index in [-0.39, 0.29) is 0 Å². The van der Waals surface area contributed by atoms with Gasteiger partial charge in [0.25, 0.3) is 0 Å². The Morgan fingerprint density at radius 2 is 2.12 bits per heavy atom. The first-order valence-electron chi connectivity index (χ1n) is 5.72. The van der Waals surface area contributed by atoms with Crippen molar-refractivity contribution in [3.63, 3.8) is 0 Å². The molecule has 0 radical (unpaired) electrons. The monoisotopic (exact) mass is 264 g/mol. The van der Waals surface area contributed by atoms with Gasteiger partial charge in [0.15, 0.2) is 0 Å². The zero-order valence-corrected chi connectivity index (χ0v) is 12.4. The molecule has 0 nitrogen and oxygen atoms in total. The molecule has 0 aromatic heterocycles. The number of hydrogen-bond acceptors (Lipinski definition) is 2. The third-order valence-corrected chi connectivity index (χ3v) is 4.06. The van der Waals surface area contributed by atoms with Gasteiger partial charge in [-0.3, -0.25) is 0 Å².